The minimum atomic E-state index is -1.96. The fraction of sp³-hybridized carbons (Fsp3) is 0.579. The van der Waals surface area contributed by atoms with E-state index in [-0.39, 0.29) is 0 Å². The third-order valence-corrected chi connectivity index (χ3v) is 7.93. The van der Waals surface area contributed by atoms with Gasteiger partial charge in [-0.1, -0.05) is 63.6 Å². The summed E-state index contributed by atoms with van der Waals surface area (Å²) in [6.45, 7) is 11.9. The molecule has 0 aliphatic carbocycles. The van der Waals surface area contributed by atoms with Crippen molar-refractivity contribution in [1.29, 1.82) is 0 Å². The Morgan fingerprint density at radius 3 is 2.14 bits per heavy atom. The number of benzene rings is 1. The highest BCUT2D eigenvalue weighted by atomic mass is 28.4. The largest absolute Gasteiger partial charge is 0.394 e. The number of hydrogen-bond acceptors (Lipinski definition) is 2. The number of rotatable bonds is 12. The predicted octanol–water partition coefficient (Wildman–Crippen LogP) is 5.58. The van der Waals surface area contributed by atoms with Crippen molar-refractivity contribution in [3.63, 3.8) is 0 Å². The maximum Gasteiger partial charge on any atom is 0.338 e. The van der Waals surface area contributed by atoms with Gasteiger partial charge in [0.15, 0.2) is 0 Å². The van der Waals surface area contributed by atoms with Crippen molar-refractivity contribution in [2.24, 2.45) is 0 Å². The fourth-order valence-corrected chi connectivity index (χ4v) is 6.31. The monoisotopic (exact) mass is 320 g/mol. The van der Waals surface area contributed by atoms with Crippen molar-refractivity contribution in [3.05, 3.63) is 42.0 Å². The SMILES string of the molecule is C=Cc1ccc(CCCO[Si](CCC)(CCC)OCC)cc1. The number of aryl methyl sites for hydroxylation is 1. The van der Waals surface area contributed by atoms with Crippen molar-refractivity contribution in [2.75, 3.05) is 13.2 Å². The molecule has 0 saturated carbocycles. The van der Waals surface area contributed by atoms with Crippen LogP contribution < -0.4 is 0 Å². The van der Waals surface area contributed by atoms with Crippen molar-refractivity contribution in [2.45, 2.75) is 58.5 Å². The van der Waals surface area contributed by atoms with Gasteiger partial charge < -0.3 is 8.85 Å². The molecule has 0 aliphatic rings. The lowest BCUT2D eigenvalue weighted by Gasteiger charge is -2.30. The summed E-state index contributed by atoms with van der Waals surface area (Å²) in [5.41, 5.74) is 2.54. The molecule has 0 fully saturated rings. The Morgan fingerprint density at radius 2 is 1.64 bits per heavy atom. The van der Waals surface area contributed by atoms with Gasteiger partial charge in [-0.2, -0.15) is 0 Å². The van der Waals surface area contributed by atoms with Gasteiger partial charge in [-0.25, -0.2) is 0 Å². The summed E-state index contributed by atoms with van der Waals surface area (Å²) in [5.74, 6) is 0. The van der Waals surface area contributed by atoms with E-state index in [1.807, 2.05) is 6.08 Å². The average Bonchev–Trinajstić information content (AvgIpc) is 2.53. The summed E-state index contributed by atoms with van der Waals surface area (Å²) in [7, 11) is -1.96. The zero-order chi connectivity index (χ0) is 16.3. The smallest absolute Gasteiger partial charge is 0.338 e. The van der Waals surface area contributed by atoms with E-state index in [2.05, 4.69) is 51.6 Å². The second-order valence-corrected chi connectivity index (χ2v) is 9.14. The molecule has 0 bridgehead atoms. The highest BCUT2D eigenvalue weighted by Crippen LogP contribution is 2.23. The molecule has 0 heterocycles. The first kappa shape index (κ1) is 19.1. The van der Waals surface area contributed by atoms with Crippen LogP contribution in [0.1, 0.15) is 51.2 Å². The predicted molar refractivity (Wildman–Crippen MR) is 98.4 cm³/mol. The van der Waals surface area contributed by atoms with Crippen molar-refractivity contribution >= 4 is 14.6 Å². The van der Waals surface area contributed by atoms with Crippen LogP contribution in [0.2, 0.25) is 12.1 Å². The molecule has 22 heavy (non-hydrogen) atoms. The van der Waals surface area contributed by atoms with E-state index in [0.29, 0.717) is 0 Å². The molecular weight excluding hydrogens is 288 g/mol. The average molecular weight is 321 g/mol. The van der Waals surface area contributed by atoms with Gasteiger partial charge in [-0.15, -0.1) is 0 Å². The lowest BCUT2D eigenvalue weighted by molar-refractivity contribution is 0.171. The lowest BCUT2D eigenvalue weighted by atomic mass is 10.1. The summed E-state index contributed by atoms with van der Waals surface area (Å²) in [5, 5.41) is 0. The zero-order valence-electron chi connectivity index (χ0n) is 14.6. The minimum absolute atomic E-state index is 0.773. The van der Waals surface area contributed by atoms with Gasteiger partial charge >= 0.3 is 8.56 Å². The maximum atomic E-state index is 6.32. The van der Waals surface area contributed by atoms with Gasteiger partial charge in [0, 0.05) is 13.2 Å². The number of hydrogen-bond donors (Lipinski definition) is 0. The van der Waals surface area contributed by atoms with E-state index < -0.39 is 8.56 Å². The summed E-state index contributed by atoms with van der Waals surface area (Å²) in [6.07, 6.45) is 6.30. The minimum Gasteiger partial charge on any atom is -0.394 e. The molecule has 0 N–H and O–H groups in total. The topological polar surface area (TPSA) is 18.5 Å². The first-order valence-electron chi connectivity index (χ1n) is 8.69. The Kier molecular flexibility index (Phi) is 9.36. The van der Waals surface area contributed by atoms with Crippen LogP contribution >= 0.6 is 0 Å². The maximum absolute atomic E-state index is 6.32. The lowest BCUT2D eigenvalue weighted by Crippen LogP contribution is -2.42. The molecule has 0 aromatic heterocycles. The Morgan fingerprint density at radius 1 is 1.00 bits per heavy atom. The van der Waals surface area contributed by atoms with E-state index >= 15 is 0 Å². The van der Waals surface area contributed by atoms with E-state index in [4.69, 9.17) is 8.85 Å². The van der Waals surface area contributed by atoms with E-state index in [1.165, 1.54) is 11.1 Å². The van der Waals surface area contributed by atoms with Crippen LogP contribution in [0.4, 0.5) is 0 Å². The normalized spacial score (nSPS) is 11.6. The summed E-state index contributed by atoms with van der Waals surface area (Å²) in [6, 6.07) is 10.8. The molecule has 1 rings (SSSR count). The van der Waals surface area contributed by atoms with Crippen LogP contribution in [0.25, 0.3) is 6.08 Å². The first-order valence-corrected chi connectivity index (χ1v) is 10.9. The van der Waals surface area contributed by atoms with Crippen LogP contribution in [0.15, 0.2) is 30.8 Å². The summed E-state index contributed by atoms with van der Waals surface area (Å²) >= 11 is 0. The van der Waals surface area contributed by atoms with Gasteiger partial charge in [-0.3, -0.25) is 0 Å². The third-order valence-electron chi connectivity index (χ3n) is 3.86. The van der Waals surface area contributed by atoms with Crippen LogP contribution in [0, 0.1) is 0 Å². The molecule has 0 saturated heterocycles. The van der Waals surface area contributed by atoms with Gasteiger partial charge in [0.05, 0.1) is 0 Å². The van der Waals surface area contributed by atoms with Crippen LogP contribution in [0.5, 0.6) is 0 Å². The zero-order valence-corrected chi connectivity index (χ0v) is 15.6. The molecule has 1 aromatic rings. The van der Waals surface area contributed by atoms with Crippen molar-refractivity contribution in [1.82, 2.24) is 0 Å². The molecule has 0 radical (unpaired) electrons. The van der Waals surface area contributed by atoms with Crippen molar-refractivity contribution in [3.8, 4) is 0 Å². The van der Waals surface area contributed by atoms with Gasteiger partial charge in [0.1, 0.15) is 0 Å². The molecule has 0 aliphatic heterocycles. The molecule has 2 nitrogen and oxygen atoms in total. The van der Waals surface area contributed by atoms with Crippen LogP contribution in [-0.4, -0.2) is 21.8 Å². The Labute approximate surface area is 137 Å². The van der Waals surface area contributed by atoms with Gasteiger partial charge in [0.2, 0.25) is 0 Å². The summed E-state index contributed by atoms with van der Waals surface area (Å²) < 4.78 is 12.4. The molecule has 1 aromatic carbocycles. The van der Waals surface area contributed by atoms with E-state index in [1.54, 1.807) is 0 Å². The van der Waals surface area contributed by atoms with Gasteiger partial charge in [-0.05, 0) is 43.0 Å². The molecule has 0 unspecified atom stereocenters. The second-order valence-electron chi connectivity index (χ2n) is 5.74. The van der Waals surface area contributed by atoms with Crippen molar-refractivity contribution < 1.29 is 8.85 Å². The van der Waals surface area contributed by atoms with Crippen LogP contribution in [0.3, 0.4) is 0 Å². The fourth-order valence-electron chi connectivity index (χ4n) is 2.84. The third kappa shape index (κ3) is 6.47. The Hall–Kier alpha value is -0.903. The quantitative estimate of drug-likeness (QED) is 0.370. The van der Waals surface area contributed by atoms with Gasteiger partial charge in [0.25, 0.3) is 0 Å². The standard InChI is InChI=1S/C19H32O2Si/c1-5-16-22(17-6-2,20-8-4)21-15-9-10-19-13-11-18(7-3)12-14-19/h7,11-14H,3,5-6,8-10,15-17H2,1-2,4H3. The Balaban J connectivity index is 2.45. The second kappa shape index (κ2) is 10.8. The summed E-state index contributed by atoms with van der Waals surface area (Å²) in [4.78, 5) is 0. The van der Waals surface area contributed by atoms with E-state index in [0.717, 1.165) is 51.0 Å². The highest BCUT2D eigenvalue weighted by Gasteiger charge is 2.35. The van der Waals surface area contributed by atoms with Crippen LogP contribution in [-0.2, 0) is 15.3 Å². The molecule has 124 valence electrons. The molecule has 3 heteroatoms. The molecular formula is C19H32O2Si. The highest BCUT2D eigenvalue weighted by molar-refractivity contribution is 6.67. The first-order chi connectivity index (χ1) is 10.7. The Bertz CT molecular complexity index is 397. The van der Waals surface area contributed by atoms with E-state index in [9.17, 15) is 0 Å². The molecule has 0 amide bonds. The molecule has 0 spiro atoms. The molecule has 0 atom stereocenters.